The number of hydrogen-bond acceptors (Lipinski definition) is 30. The second-order valence-corrected chi connectivity index (χ2v) is 30.5. The monoisotopic (exact) mass is 1350 g/mol. The number of H-pyrrole nitrogens is 4. The Morgan fingerprint density at radius 1 is 0.670 bits per heavy atom. The van der Waals surface area contributed by atoms with Crippen molar-refractivity contribution in [1.82, 2.24) is 48.2 Å². The van der Waals surface area contributed by atoms with E-state index >= 15 is 4.57 Å². The number of aliphatic hydroxyl groups excluding tert-OH is 1. The van der Waals surface area contributed by atoms with E-state index in [-0.39, 0.29) is 40.2 Å². The van der Waals surface area contributed by atoms with Gasteiger partial charge in [-0.05, 0) is 48.0 Å². The maximum absolute atomic E-state index is 15.1. The molecule has 0 amide bonds. The van der Waals surface area contributed by atoms with Gasteiger partial charge in [0.15, 0.2) is 36.6 Å². The van der Waals surface area contributed by atoms with E-state index in [4.69, 9.17) is 102 Å². The number of nitrogens with two attached hydrogens (primary N) is 1. The zero-order chi connectivity index (χ0) is 63.3. The molecule has 21 atom stereocenters. The van der Waals surface area contributed by atoms with Gasteiger partial charge in [-0.15, -0.1) is 0 Å². The molecule has 7 unspecified atom stereocenters. The average molecular weight is 1350 g/mol. The van der Waals surface area contributed by atoms with Crippen molar-refractivity contribution in [1.29, 1.82) is 0 Å². The van der Waals surface area contributed by atoms with Gasteiger partial charge < -0.3 is 93.2 Å². The van der Waals surface area contributed by atoms with Crippen molar-refractivity contribution in [2.24, 2.45) is 0 Å². The molecule has 7 fully saturated rings. The number of rotatable bonds is 20. The van der Waals surface area contributed by atoms with E-state index in [1.165, 1.54) is 71.0 Å². The third-order valence-electron chi connectivity index (χ3n) is 17.1. The van der Waals surface area contributed by atoms with Crippen LogP contribution in [-0.4, -0.2) is 157 Å². The Labute approximate surface area is 509 Å². The van der Waals surface area contributed by atoms with E-state index in [0.29, 0.717) is 6.42 Å². The van der Waals surface area contributed by atoms with Gasteiger partial charge in [0.05, 0.1) is 56.7 Å². The molecule has 5 aromatic heterocycles. The lowest BCUT2D eigenvalue weighted by Crippen LogP contribution is -2.52. The zero-order valence-corrected chi connectivity index (χ0v) is 52.3. The Bertz CT molecular complexity index is 4240. The smallest absolute Gasteiger partial charge is 0.330 e. The predicted octanol–water partition coefficient (Wildman–Crippen LogP) is -2.47. The summed E-state index contributed by atoms with van der Waals surface area (Å²) >= 11 is 16.6. The zero-order valence-electron chi connectivity index (χ0n) is 47.2. The van der Waals surface area contributed by atoms with E-state index in [1.807, 2.05) is 0 Å². The first-order valence-corrected chi connectivity index (χ1v) is 34.9. The summed E-state index contributed by atoms with van der Waals surface area (Å²) in [5.41, 5.74) is -5.13. The number of nitrogens with zero attached hydrogens (tertiary/aromatic N) is 6. The molecule has 5 aromatic rings. The first-order chi connectivity index (χ1) is 41.3. The summed E-state index contributed by atoms with van der Waals surface area (Å²) in [4.78, 5) is 136. The van der Waals surface area contributed by atoms with Crippen LogP contribution < -0.4 is 54.8 Å². The van der Waals surface area contributed by atoms with Crippen molar-refractivity contribution < 1.29 is 79.8 Å². The molecule has 0 saturated carbocycles. The van der Waals surface area contributed by atoms with Crippen LogP contribution in [0.2, 0.25) is 0 Å². The van der Waals surface area contributed by atoms with Crippen LogP contribution in [0, 0.1) is 20.8 Å². The van der Waals surface area contributed by atoms with Crippen LogP contribution in [0.5, 0.6) is 0 Å². The first kappa shape index (κ1) is 63.6. The molecule has 35 nitrogen and oxygen atoms in total. The fourth-order valence-electron chi connectivity index (χ4n) is 12.4. The SMILES string of the molecule is CC[C@H]1O[C@@H](n2cc(C)c(=O)[nH]c2=O)CC1OP([O-])(=S)OC[C@]12O[C@@H](n3cnc4c(=O)[nH]c(N)nc43)[C@@H](O[C@H]1C)C2OP(=O)([S-])OC[C@]12O[C@@H](n3cc(C)c(=O)[nH]c3=O)[C@@H](O[C@H]1C)C2OP([O-])(=S)OC[C@]12O[C@@H](n3cc(C)c(=O)[nH]c3=O)[C@@H](O[C@H]1C)C2O. The fourth-order valence-corrected chi connectivity index (χ4v) is 16.7. The number of anilines is 1. The fraction of sp³-hybridized carbons (Fsp3) is 0.638. The molecule has 88 heavy (non-hydrogen) atoms. The molecule has 7 aliphatic rings. The number of ether oxygens (including phenoxy) is 7. The molecule has 7 N–H and O–H groups in total. The molecule has 7 saturated heterocycles. The average Bonchev–Trinajstić information content (AvgIpc) is 1.58. The Morgan fingerprint density at radius 3 is 1.69 bits per heavy atom. The maximum atomic E-state index is 15.1. The quantitative estimate of drug-likeness (QED) is 0.0347. The second kappa shape index (κ2) is 22.6. The van der Waals surface area contributed by atoms with Gasteiger partial charge >= 0.3 is 17.1 Å². The molecule has 480 valence electrons. The van der Waals surface area contributed by atoms with Crippen LogP contribution in [-0.2, 0) is 101 Å². The summed E-state index contributed by atoms with van der Waals surface area (Å²) in [5.74, 6) is -0.298. The Hall–Kier alpha value is -4.57. The molecule has 12 rings (SSSR count). The van der Waals surface area contributed by atoms with Gasteiger partial charge in [-0.25, -0.2) is 19.4 Å². The number of imidazole rings is 1. The van der Waals surface area contributed by atoms with Crippen LogP contribution in [0.4, 0.5) is 5.95 Å². The van der Waals surface area contributed by atoms with Gasteiger partial charge in [-0.3, -0.25) is 61.9 Å². The highest BCUT2D eigenvalue weighted by atomic mass is 32.7. The minimum Gasteiger partial charge on any atom is -0.780 e. The van der Waals surface area contributed by atoms with Crippen molar-refractivity contribution in [3.8, 4) is 0 Å². The highest BCUT2D eigenvalue weighted by Gasteiger charge is 2.71. The highest BCUT2D eigenvalue weighted by molar-refractivity contribution is 8.32. The van der Waals surface area contributed by atoms with Crippen LogP contribution in [0.1, 0.15) is 82.1 Å². The Kier molecular flexibility index (Phi) is 16.3. The number of aliphatic hydroxyl groups is 1. The van der Waals surface area contributed by atoms with E-state index in [2.05, 4.69) is 29.9 Å². The summed E-state index contributed by atoms with van der Waals surface area (Å²) < 4.78 is 100. The Morgan fingerprint density at radius 2 is 1.12 bits per heavy atom. The molecule has 41 heteroatoms. The lowest BCUT2D eigenvalue weighted by atomic mass is 9.94. The van der Waals surface area contributed by atoms with Crippen molar-refractivity contribution in [2.75, 3.05) is 25.6 Å². The number of fused-ring (bicyclic) bond motifs is 7. The number of aromatic amines is 4. The first-order valence-electron chi connectivity index (χ1n) is 27.2. The molecule has 12 heterocycles. The summed E-state index contributed by atoms with van der Waals surface area (Å²) in [6.07, 6.45) is -13.9. The largest absolute Gasteiger partial charge is 0.780 e. The van der Waals surface area contributed by atoms with Gasteiger partial charge in [0, 0.05) is 41.7 Å². The summed E-state index contributed by atoms with van der Waals surface area (Å²) in [7, 11) is 0. The number of nitrogen functional groups attached to an aromatic ring is 1. The highest BCUT2D eigenvalue weighted by Crippen LogP contribution is 2.62. The molecular formula is C47H57N11O24P3S3-3. The third kappa shape index (κ3) is 10.7. The molecule has 0 radical (unpaired) electrons. The molecular weight excluding hydrogens is 1290 g/mol. The number of aryl methyl sites for hydroxylation is 3. The molecule has 0 spiro atoms. The molecule has 6 bridgehead atoms. The third-order valence-corrected chi connectivity index (χ3v) is 21.6. The number of aromatic nitrogens is 10. The summed E-state index contributed by atoms with van der Waals surface area (Å²) in [5, 5.41) is 11.6. The van der Waals surface area contributed by atoms with Gasteiger partial charge in [0.25, 0.3) is 22.2 Å². The summed E-state index contributed by atoms with van der Waals surface area (Å²) in [6, 6.07) is 0. The van der Waals surface area contributed by atoms with Crippen molar-refractivity contribution in [2.45, 2.75) is 170 Å². The van der Waals surface area contributed by atoms with E-state index in [1.54, 1.807) is 6.92 Å². The lowest BCUT2D eigenvalue weighted by molar-refractivity contribution is -0.240. The minimum absolute atomic E-state index is 0.0533. The topological polar surface area (TPSA) is 458 Å². The van der Waals surface area contributed by atoms with Gasteiger partial charge in [-0.1, -0.05) is 30.5 Å². The maximum Gasteiger partial charge on any atom is 0.330 e. The molecule has 7 aliphatic heterocycles. The van der Waals surface area contributed by atoms with Crippen LogP contribution in [0.3, 0.4) is 0 Å². The molecule has 0 aliphatic carbocycles. The van der Waals surface area contributed by atoms with Crippen LogP contribution in [0.25, 0.3) is 11.2 Å². The van der Waals surface area contributed by atoms with E-state index in [0.717, 1.165) is 13.7 Å². The van der Waals surface area contributed by atoms with E-state index < -0.39 is 188 Å². The number of hydrogen-bond donors (Lipinski definition) is 6. The van der Waals surface area contributed by atoms with Crippen molar-refractivity contribution >= 4 is 73.2 Å². The van der Waals surface area contributed by atoms with Crippen molar-refractivity contribution in [3.63, 3.8) is 0 Å². The second-order valence-electron chi connectivity index (χ2n) is 22.4. The van der Waals surface area contributed by atoms with Gasteiger partial charge in [0.2, 0.25) is 5.95 Å². The van der Waals surface area contributed by atoms with E-state index in [9.17, 15) is 48.5 Å². The standard InChI is InChI=1S/C47H60N11O24P3S3/c1-8-23-24(9-25(76-23)55-10-17(2)34(60)52-42(55)64)80-83(67,86)71-14-47-22(7)75-29(40(79-47)58-16-49-26-33(58)50-41(48)51-37(26)63)32(47)82-85(69,88)72-15-46-21(6)74-28(39(78-46)57-12-19(4)36(62)54-44(57)66)31(46)81-84(68,87)70-13-45-20(5)73-27(30(45)59)38(77-45)56-11-18(3)35(61)53-43(56)65/h10-12,16,20-25,27-32,38-40,59H,8-9,13-15H2,1-7H3,(H,67,86)(H,68,87)(H,69,88)(H,52,60,64)(H,53,61,65)(H,54,62,66)(H3,48,50,51,63)/p-3/t20-,21-,22-,23+,24?,25+,27-,28-,29-,30?,31?,32?,38+,39+,40+,45-,46-,47-,83?,84?,85?/m0/s1. The predicted molar refractivity (Wildman–Crippen MR) is 303 cm³/mol. The lowest BCUT2D eigenvalue weighted by Gasteiger charge is -2.42. The van der Waals surface area contributed by atoms with Crippen molar-refractivity contribution in [3.05, 3.63) is 114 Å². The van der Waals surface area contributed by atoms with Crippen LogP contribution in [0.15, 0.2) is 58.5 Å². The molecule has 0 aromatic carbocycles. The minimum atomic E-state index is -5.04. The van der Waals surface area contributed by atoms with Gasteiger partial charge in [0.1, 0.15) is 73.1 Å². The number of nitrogens with one attached hydrogen (secondary N) is 4. The van der Waals surface area contributed by atoms with Crippen LogP contribution >= 0.6 is 20.2 Å². The Balaban J connectivity index is 0.822. The summed E-state index contributed by atoms with van der Waals surface area (Å²) in [6.45, 7) is -6.46. The van der Waals surface area contributed by atoms with Gasteiger partial charge in [-0.2, -0.15) is 4.98 Å². The normalized spacial score (nSPS) is 36.8.